The highest BCUT2D eigenvalue weighted by Gasteiger charge is 2.23. The Morgan fingerprint density at radius 2 is 1.29 bits per heavy atom. The number of anilines is 3. The summed E-state index contributed by atoms with van der Waals surface area (Å²) in [6, 6.07) is 18.6. The van der Waals surface area contributed by atoms with Crippen molar-refractivity contribution in [3.05, 3.63) is 123 Å². The molecule has 0 unspecified atom stereocenters. The molecule has 0 fully saturated rings. The lowest BCUT2D eigenvalue weighted by Crippen LogP contribution is -2.38. The van der Waals surface area contributed by atoms with Crippen molar-refractivity contribution in [2.75, 3.05) is 16.8 Å². The summed E-state index contributed by atoms with van der Waals surface area (Å²) < 4.78 is 28.3. The number of urea groups is 1. The van der Waals surface area contributed by atoms with Crippen LogP contribution in [0.3, 0.4) is 0 Å². The third kappa shape index (κ3) is 4.93. The summed E-state index contributed by atoms with van der Waals surface area (Å²) in [6.07, 6.45) is 1.41. The van der Waals surface area contributed by atoms with E-state index in [9.17, 15) is 23.2 Å². The molecule has 1 aromatic heterocycles. The summed E-state index contributed by atoms with van der Waals surface area (Å²) in [5.74, 6) is -0.887. The highest BCUT2D eigenvalue weighted by Crippen LogP contribution is 2.29. The van der Waals surface area contributed by atoms with Gasteiger partial charge in [-0.05, 0) is 66.2 Å². The molecule has 34 heavy (non-hydrogen) atoms. The molecule has 9 heteroatoms. The smallest absolute Gasteiger partial charge is 0.297 e. The minimum Gasteiger partial charge on any atom is -0.297 e. The highest BCUT2D eigenvalue weighted by atomic mass is 19.1. The largest absolute Gasteiger partial charge is 0.333 e. The maximum Gasteiger partial charge on any atom is 0.333 e. The molecule has 0 aliphatic heterocycles. The number of halogens is 2. The van der Waals surface area contributed by atoms with E-state index in [-0.39, 0.29) is 6.54 Å². The lowest BCUT2D eigenvalue weighted by molar-refractivity contribution is 0.254. The lowest BCUT2D eigenvalue weighted by atomic mass is 10.2. The summed E-state index contributed by atoms with van der Waals surface area (Å²) in [4.78, 5) is 41.5. The molecule has 1 N–H and O–H groups in total. The molecule has 2 amide bonds. The summed E-state index contributed by atoms with van der Waals surface area (Å²) in [5.41, 5.74) is 1.20. The number of H-pyrrole nitrogens is 1. The minimum absolute atomic E-state index is 0.241. The molecule has 172 valence electrons. The van der Waals surface area contributed by atoms with E-state index in [1.54, 1.807) is 31.3 Å². The van der Waals surface area contributed by atoms with E-state index in [1.807, 2.05) is 0 Å². The quantitative estimate of drug-likeness (QED) is 0.482. The van der Waals surface area contributed by atoms with E-state index in [0.29, 0.717) is 17.1 Å². The number of nitrogens with one attached hydrogen (secondary N) is 1. The molecule has 1 heterocycles. The number of hydrogen-bond acceptors (Lipinski definition) is 3. The molecule has 4 aromatic rings. The fourth-order valence-corrected chi connectivity index (χ4v) is 3.40. The second kappa shape index (κ2) is 9.53. The first-order valence-electron chi connectivity index (χ1n) is 10.3. The average molecular weight is 462 g/mol. The maximum absolute atomic E-state index is 13.5. The van der Waals surface area contributed by atoms with Crippen LogP contribution in [0, 0.1) is 11.6 Å². The molecule has 7 nitrogen and oxygen atoms in total. The Bertz CT molecular complexity index is 1370. The number of benzene rings is 3. The van der Waals surface area contributed by atoms with Gasteiger partial charge in [0.05, 0.1) is 17.9 Å². The number of carbonyl (C=O) groups is 1. The van der Waals surface area contributed by atoms with Gasteiger partial charge in [-0.1, -0.05) is 12.1 Å². The molecule has 0 saturated carbocycles. The monoisotopic (exact) mass is 462 g/mol. The molecule has 3 aromatic carbocycles. The number of amides is 2. The Balaban J connectivity index is 1.60. The van der Waals surface area contributed by atoms with Gasteiger partial charge >= 0.3 is 11.7 Å². The Labute approximate surface area is 193 Å². The van der Waals surface area contributed by atoms with Crippen LogP contribution in [0.25, 0.3) is 0 Å². The zero-order chi connectivity index (χ0) is 24.2. The van der Waals surface area contributed by atoms with Crippen LogP contribution < -0.4 is 21.0 Å². The van der Waals surface area contributed by atoms with E-state index < -0.39 is 28.9 Å². The van der Waals surface area contributed by atoms with Gasteiger partial charge in [0, 0.05) is 25.0 Å². The second-order valence-corrected chi connectivity index (χ2v) is 7.53. The van der Waals surface area contributed by atoms with Crippen molar-refractivity contribution in [3.8, 4) is 0 Å². The van der Waals surface area contributed by atoms with Gasteiger partial charge in [0.25, 0.3) is 5.56 Å². The predicted molar refractivity (Wildman–Crippen MR) is 126 cm³/mol. The van der Waals surface area contributed by atoms with Crippen LogP contribution in [0.4, 0.5) is 30.6 Å². The van der Waals surface area contributed by atoms with Gasteiger partial charge < -0.3 is 0 Å². The third-order valence-corrected chi connectivity index (χ3v) is 5.22. The standard InChI is InChI=1S/C25H20F2N4O3/c1-29(20-8-2-17(3-9-20)16-30-15-14-23(32)28-24(30)33)25(34)31(21-10-4-18(26)5-11-21)22-12-6-19(27)7-13-22/h2-15H,16H2,1H3,(H,28,32,33). The minimum atomic E-state index is -0.516. The van der Waals surface area contributed by atoms with E-state index in [1.165, 1.54) is 75.2 Å². The molecular formula is C25H20F2N4O3. The highest BCUT2D eigenvalue weighted by molar-refractivity contribution is 6.08. The molecule has 0 saturated heterocycles. The van der Waals surface area contributed by atoms with Crippen LogP contribution in [-0.2, 0) is 6.54 Å². The number of carbonyl (C=O) groups excluding carboxylic acids is 1. The van der Waals surface area contributed by atoms with E-state index in [2.05, 4.69) is 4.98 Å². The zero-order valence-corrected chi connectivity index (χ0v) is 18.1. The van der Waals surface area contributed by atoms with Crippen LogP contribution in [-0.4, -0.2) is 22.6 Å². The maximum atomic E-state index is 13.5. The van der Waals surface area contributed by atoms with Gasteiger partial charge in [0.15, 0.2) is 0 Å². The molecular weight excluding hydrogens is 442 g/mol. The van der Waals surface area contributed by atoms with E-state index >= 15 is 0 Å². The average Bonchev–Trinajstić information content (AvgIpc) is 2.83. The van der Waals surface area contributed by atoms with E-state index in [4.69, 9.17) is 0 Å². The molecule has 0 atom stereocenters. The van der Waals surface area contributed by atoms with Crippen molar-refractivity contribution >= 4 is 23.1 Å². The van der Waals surface area contributed by atoms with Crippen LogP contribution in [0.15, 0.2) is 94.6 Å². The Morgan fingerprint density at radius 1 is 0.794 bits per heavy atom. The van der Waals surface area contributed by atoms with Crippen LogP contribution in [0.1, 0.15) is 5.56 Å². The van der Waals surface area contributed by atoms with Crippen LogP contribution in [0.2, 0.25) is 0 Å². The van der Waals surface area contributed by atoms with Crippen molar-refractivity contribution in [3.63, 3.8) is 0 Å². The second-order valence-electron chi connectivity index (χ2n) is 7.53. The zero-order valence-electron chi connectivity index (χ0n) is 18.1. The van der Waals surface area contributed by atoms with Crippen LogP contribution in [0.5, 0.6) is 0 Å². The van der Waals surface area contributed by atoms with E-state index in [0.717, 1.165) is 5.56 Å². The molecule has 0 bridgehead atoms. The first kappa shape index (κ1) is 22.7. The summed E-state index contributed by atoms with van der Waals surface area (Å²) in [5, 5.41) is 0. The summed E-state index contributed by atoms with van der Waals surface area (Å²) in [6.45, 7) is 0.241. The first-order chi connectivity index (χ1) is 16.3. The van der Waals surface area contributed by atoms with Gasteiger partial charge in [-0.25, -0.2) is 18.4 Å². The normalized spacial score (nSPS) is 10.7. The Hall–Kier alpha value is -4.53. The summed E-state index contributed by atoms with van der Waals surface area (Å²) >= 11 is 0. The van der Waals surface area contributed by atoms with Crippen molar-refractivity contribution < 1.29 is 13.6 Å². The molecule has 0 radical (unpaired) electrons. The van der Waals surface area contributed by atoms with Crippen LogP contribution >= 0.6 is 0 Å². The fraction of sp³-hybridized carbons (Fsp3) is 0.0800. The Kier molecular flexibility index (Phi) is 6.35. The first-order valence-corrected chi connectivity index (χ1v) is 10.3. The number of hydrogen-bond donors (Lipinski definition) is 1. The molecule has 4 rings (SSSR count). The van der Waals surface area contributed by atoms with Gasteiger partial charge in [-0.3, -0.25) is 24.1 Å². The predicted octanol–water partition coefficient (Wildman–Crippen LogP) is 4.26. The van der Waals surface area contributed by atoms with Gasteiger partial charge in [-0.2, -0.15) is 0 Å². The number of aromatic nitrogens is 2. The third-order valence-electron chi connectivity index (χ3n) is 5.22. The Morgan fingerprint density at radius 3 is 1.79 bits per heavy atom. The van der Waals surface area contributed by atoms with Crippen molar-refractivity contribution in [1.29, 1.82) is 0 Å². The summed E-state index contributed by atoms with van der Waals surface area (Å²) in [7, 11) is 1.59. The van der Waals surface area contributed by atoms with Gasteiger partial charge in [0.2, 0.25) is 0 Å². The van der Waals surface area contributed by atoms with Crippen molar-refractivity contribution in [1.82, 2.24) is 9.55 Å². The number of nitrogens with zero attached hydrogens (tertiary/aromatic N) is 3. The van der Waals surface area contributed by atoms with Gasteiger partial charge in [0.1, 0.15) is 11.6 Å². The van der Waals surface area contributed by atoms with Crippen molar-refractivity contribution in [2.45, 2.75) is 6.54 Å². The number of rotatable bonds is 5. The fourth-order valence-electron chi connectivity index (χ4n) is 3.40. The SMILES string of the molecule is CN(C(=O)N(c1ccc(F)cc1)c1ccc(F)cc1)c1ccc(Cn2ccc(=O)[nH]c2=O)cc1. The molecule has 0 spiro atoms. The van der Waals surface area contributed by atoms with Crippen molar-refractivity contribution in [2.24, 2.45) is 0 Å². The molecule has 0 aliphatic carbocycles. The lowest BCUT2D eigenvalue weighted by Gasteiger charge is -2.28. The molecule has 0 aliphatic rings. The van der Waals surface area contributed by atoms with Gasteiger partial charge in [-0.15, -0.1) is 0 Å². The number of aromatic amines is 1. The topological polar surface area (TPSA) is 78.4 Å².